The van der Waals surface area contributed by atoms with Crippen LogP contribution >= 0.6 is 0 Å². The summed E-state index contributed by atoms with van der Waals surface area (Å²) in [6.07, 6.45) is 1.48. The molecule has 0 saturated carbocycles. The Kier molecular flexibility index (Phi) is 5.44. The maximum atomic E-state index is 13.3. The van der Waals surface area contributed by atoms with Gasteiger partial charge >= 0.3 is 0 Å². The predicted molar refractivity (Wildman–Crippen MR) is 104 cm³/mol. The summed E-state index contributed by atoms with van der Waals surface area (Å²) in [4.78, 5) is 4.11. The summed E-state index contributed by atoms with van der Waals surface area (Å²) >= 11 is 0. The van der Waals surface area contributed by atoms with Gasteiger partial charge in [-0.1, -0.05) is 26.0 Å². The first-order valence-electron chi connectivity index (χ1n) is 9.01. The fourth-order valence-corrected chi connectivity index (χ4v) is 5.30. The molecule has 7 heteroatoms. The minimum Gasteiger partial charge on any atom is -0.497 e. The fraction of sp³-hybridized carbons (Fsp3) is 0.450. The van der Waals surface area contributed by atoms with Gasteiger partial charge in [-0.3, -0.25) is 0 Å². The standard InChI is InChI=1S/C20H26N2O4S/c1-5-26-18-10-7-11-21-19(18)27(23,24)22-13-17(20(2,3)14-22)15-8-6-9-16(12-15)25-4/h6-12,17H,5,13-14H2,1-4H3. The van der Waals surface area contributed by atoms with E-state index >= 15 is 0 Å². The highest BCUT2D eigenvalue weighted by molar-refractivity contribution is 7.89. The van der Waals surface area contributed by atoms with Gasteiger partial charge in [-0.25, -0.2) is 13.4 Å². The van der Waals surface area contributed by atoms with Gasteiger partial charge in [0, 0.05) is 25.2 Å². The van der Waals surface area contributed by atoms with Gasteiger partial charge in [0.05, 0.1) is 13.7 Å². The van der Waals surface area contributed by atoms with Crippen LogP contribution in [0.2, 0.25) is 0 Å². The van der Waals surface area contributed by atoms with Gasteiger partial charge in [0.15, 0.2) is 5.75 Å². The lowest BCUT2D eigenvalue weighted by Crippen LogP contribution is -2.31. The molecule has 27 heavy (non-hydrogen) atoms. The number of aromatic nitrogens is 1. The van der Waals surface area contributed by atoms with Gasteiger partial charge in [-0.2, -0.15) is 4.31 Å². The monoisotopic (exact) mass is 390 g/mol. The number of rotatable bonds is 6. The molecule has 6 nitrogen and oxygen atoms in total. The van der Waals surface area contributed by atoms with Crippen molar-refractivity contribution in [1.82, 2.24) is 9.29 Å². The molecular formula is C20H26N2O4S. The van der Waals surface area contributed by atoms with Crippen LogP contribution in [0.4, 0.5) is 0 Å². The molecule has 1 aliphatic rings. The van der Waals surface area contributed by atoms with E-state index in [0.717, 1.165) is 11.3 Å². The molecule has 1 aliphatic heterocycles. The molecule has 1 fully saturated rings. The molecule has 1 unspecified atom stereocenters. The summed E-state index contributed by atoms with van der Waals surface area (Å²) < 4.78 is 38.9. The maximum absolute atomic E-state index is 13.3. The number of ether oxygens (including phenoxy) is 2. The zero-order valence-corrected chi connectivity index (χ0v) is 17.0. The molecule has 0 bridgehead atoms. The van der Waals surface area contributed by atoms with Crippen molar-refractivity contribution in [3.05, 3.63) is 48.2 Å². The zero-order valence-electron chi connectivity index (χ0n) is 16.2. The van der Waals surface area contributed by atoms with Crippen LogP contribution in [0, 0.1) is 5.41 Å². The van der Waals surface area contributed by atoms with Gasteiger partial charge in [-0.05, 0) is 42.2 Å². The van der Waals surface area contributed by atoms with Crippen molar-refractivity contribution in [2.75, 3.05) is 26.8 Å². The molecule has 2 heterocycles. The van der Waals surface area contributed by atoms with E-state index in [0.29, 0.717) is 25.4 Å². The average Bonchev–Trinajstić information content (AvgIpc) is 2.98. The summed E-state index contributed by atoms with van der Waals surface area (Å²) in [5.41, 5.74) is 0.850. The highest BCUT2D eigenvalue weighted by Crippen LogP contribution is 2.45. The van der Waals surface area contributed by atoms with Crippen LogP contribution in [0.1, 0.15) is 32.3 Å². The van der Waals surface area contributed by atoms with Crippen molar-refractivity contribution in [3.63, 3.8) is 0 Å². The molecular weight excluding hydrogens is 364 g/mol. The normalized spacial score (nSPS) is 19.8. The topological polar surface area (TPSA) is 68.7 Å². The van der Waals surface area contributed by atoms with E-state index in [1.807, 2.05) is 31.2 Å². The fourth-order valence-electron chi connectivity index (χ4n) is 3.64. The minimum absolute atomic E-state index is 0.0195. The molecule has 0 amide bonds. The molecule has 0 aliphatic carbocycles. The third-order valence-electron chi connectivity index (χ3n) is 5.03. The van der Waals surface area contributed by atoms with Gasteiger partial charge in [0.1, 0.15) is 5.75 Å². The van der Waals surface area contributed by atoms with Crippen LogP contribution < -0.4 is 9.47 Å². The van der Waals surface area contributed by atoms with E-state index in [2.05, 4.69) is 18.8 Å². The van der Waals surface area contributed by atoms with Crippen molar-refractivity contribution in [3.8, 4) is 11.5 Å². The smallest absolute Gasteiger partial charge is 0.264 e. The van der Waals surface area contributed by atoms with Gasteiger partial charge in [0.25, 0.3) is 10.0 Å². The van der Waals surface area contributed by atoms with E-state index in [4.69, 9.17) is 9.47 Å². The van der Waals surface area contributed by atoms with Crippen molar-refractivity contribution in [1.29, 1.82) is 0 Å². The highest BCUT2D eigenvalue weighted by atomic mass is 32.2. The zero-order chi connectivity index (χ0) is 19.7. The predicted octanol–water partition coefficient (Wildman–Crippen LogP) is 3.30. The van der Waals surface area contributed by atoms with Crippen LogP contribution in [-0.4, -0.2) is 44.5 Å². The first kappa shape index (κ1) is 19.6. The molecule has 146 valence electrons. The summed E-state index contributed by atoms with van der Waals surface area (Å²) in [5, 5.41) is -0.0195. The van der Waals surface area contributed by atoms with Crippen LogP contribution in [0.25, 0.3) is 0 Å². The number of hydrogen-bond donors (Lipinski definition) is 0. The minimum atomic E-state index is -3.75. The SMILES string of the molecule is CCOc1cccnc1S(=O)(=O)N1CC(c2cccc(OC)c2)C(C)(C)C1. The number of nitrogens with zero attached hydrogens (tertiary/aromatic N) is 2. The third kappa shape index (κ3) is 3.80. The van der Waals surface area contributed by atoms with Crippen molar-refractivity contribution in [2.45, 2.75) is 31.7 Å². The average molecular weight is 391 g/mol. The Balaban J connectivity index is 1.95. The Morgan fingerprint density at radius 1 is 1.26 bits per heavy atom. The molecule has 0 spiro atoms. The van der Waals surface area contributed by atoms with Crippen LogP contribution in [0.15, 0.2) is 47.6 Å². The Hall–Kier alpha value is -2.12. The molecule has 0 N–H and O–H groups in total. The summed E-state index contributed by atoms with van der Waals surface area (Å²) in [6, 6.07) is 11.2. The number of hydrogen-bond acceptors (Lipinski definition) is 5. The molecule has 1 atom stereocenters. The number of sulfonamides is 1. The molecule has 1 aromatic heterocycles. The van der Waals surface area contributed by atoms with E-state index in [1.54, 1.807) is 19.2 Å². The lowest BCUT2D eigenvalue weighted by molar-refractivity contribution is 0.324. The van der Waals surface area contributed by atoms with E-state index in [1.165, 1.54) is 10.5 Å². The highest BCUT2D eigenvalue weighted by Gasteiger charge is 2.46. The maximum Gasteiger partial charge on any atom is 0.264 e. The van der Waals surface area contributed by atoms with Crippen LogP contribution in [0.5, 0.6) is 11.5 Å². The Labute approximate surface area is 161 Å². The second kappa shape index (κ2) is 7.48. The number of benzene rings is 1. The van der Waals surface area contributed by atoms with E-state index < -0.39 is 10.0 Å². The first-order chi connectivity index (χ1) is 12.8. The van der Waals surface area contributed by atoms with Crippen molar-refractivity contribution < 1.29 is 17.9 Å². The van der Waals surface area contributed by atoms with Crippen LogP contribution in [0.3, 0.4) is 0 Å². The second-order valence-electron chi connectivity index (χ2n) is 7.36. The summed E-state index contributed by atoms with van der Waals surface area (Å²) in [5.74, 6) is 1.12. The van der Waals surface area contributed by atoms with E-state index in [9.17, 15) is 8.42 Å². The molecule has 1 aromatic carbocycles. The molecule has 2 aromatic rings. The number of pyridine rings is 1. The first-order valence-corrected chi connectivity index (χ1v) is 10.5. The quantitative estimate of drug-likeness (QED) is 0.757. The van der Waals surface area contributed by atoms with Gasteiger partial charge in [-0.15, -0.1) is 0 Å². The molecule has 1 saturated heterocycles. The summed E-state index contributed by atoms with van der Waals surface area (Å²) in [6.45, 7) is 7.19. The Morgan fingerprint density at radius 3 is 2.74 bits per heavy atom. The van der Waals surface area contributed by atoms with Crippen LogP contribution in [-0.2, 0) is 10.0 Å². The Bertz CT molecular complexity index is 912. The summed E-state index contributed by atoms with van der Waals surface area (Å²) in [7, 11) is -2.12. The van der Waals surface area contributed by atoms with Crippen molar-refractivity contribution >= 4 is 10.0 Å². The van der Waals surface area contributed by atoms with Gasteiger partial charge in [0.2, 0.25) is 5.03 Å². The molecule has 3 rings (SSSR count). The van der Waals surface area contributed by atoms with Gasteiger partial charge < -0.3 is 9.47 Å². The lowest BCUT2D eigenvalue weighted by Gasteiger charge is -2.26. The lowest BCUT2D eigenvalue weighted by atomic mass is 9.78. The molecule has 0 radical (unpaired) electrons. The number of methoxy groups -OCH3 is 1. The second-order valence-corrected chi connectivity index (χ2v) is 9.21. The third-order valence-corrected chi connectivity index (χ3v) is 6.78. The van der Waals surface area contributed by atoms with Crippen molar-refractivity contribution in [2.24, 2.45) is 5.41 Å². The Morgan fingerprint density at radius 2 is 2.04 bits per heavy atom. The van der Waals surface area contributed by atoms with E-state index in [-0.39, 0.29) is 16.4 Å². The largest absolute Gasteiger partial charge is 0.497 e.